The minimum absolute atomic E-state index is 0.549. The lowest BCUT2D eigenvalue weighted by atomic mass is 9.82. The summed E-state index contributed by atoms with van der Waals surface area (Å²) in [4.78, 5) is 11.5. The van der Waals surface area contributed by atoms with Crippen LogP contribution in [0.25, 0.3) is 0 Å². The smallest absolute Gasteiger partial charge is 0.226 e. The Balaban J connectivity index is 0.977. The van der Waals surface area contributed by atoms with Crippen LogP contribution in [0.1, 0.15) is 70.6 Å². The zero-order valence-corrected chi connectivity index (χ0v) is 21.7. The van der Waals surface area contributed by atoms with Crippen molar-refractivity contribution in [3.8, 4) is 0 Å². The monoisotopic (exact) mass is 484 g/mol. The third-order valence-corrected chi connectivity index (χ3v) is 8.95. The second kappa shape index (κ2) is 12.1. The van der Waals surface area contributed by atoms with E-state index in [4.69, 9.17) is 10.7 Å². The highest BCUT2D eigenvalue weighted by Gasteiger charge is 2.42. The maximum Gasteiger partial charge on any atom is 0.226 e. The Morgan fingerprint density at radius 1 is 0.914 bits per heavy atom. The zero-order chi connectivity index (χ0) is 23.9. The largest absolute Gasteiger partial charge is 0.383 e. The van der Waals surface area contributed by atoms with Gasteiger partial charge in [-0.05, 0) is 75.2 Å². The van der Waals surface area contributed by atoms with Crippen LogP contribution in [0.4, 0.5) is 17.6 Å². The van der Waals surface area contributed by atoms with E-state index in [1.807, 2.05) is 6.07 Å². The van der Waals surface area contributed by atoms with Crippen molar-refractivity contribution in [3.05, 3.63) is 6.07 Å². The van der Waals surface area contributed by atoms with E-state index in [0.29, 0.717) is 23.1 Å². The summed E-state index contributed by atoms with van der Waals surface area (Å²) in [6, 6.07) is 2.68. The van der Waals surface area contributed by atoms with Gasteiger partial charge in [0.05, 0.1) is 0 Å². The number of anilines is 3. The third kappa shape index (κ3) is 7.43. The quantitative estimate of drug-likeness (QED) is 0.327. The second-order valence-corrected chi connectivity index (χ2v) is 11.8. The molecular formula is C27H48N8. The molecule has 1 aliphatic heterocycles. The number of nitrogens with one attached hydrogen (secondary N) is 4. The van der Waals surface area contributed by atoms with Crippen LogP contribution in [0.5, 0.6) is 0 Å². The van der Waals surface area contributed by atoms with Gasteiger partial charge < -0.3 is 31.9 Å². The number of rotatable bonds is 11. The lowest BCUT2D eigenvalue weighted by Gasteiger charge is -2.30. The van der Waals surface area contributed by atoms with Crippen molar-refractivity contribution in [2.45, 2.75) is 76.7 Å². The van der Waals surface area contributed by atoms with Crippen molar-refractivity contribution in [2.24, 2.45) is 17.3 Å². The van der Waals surface area contributed by atoms with Gasteiger partial charge in [0, 0.05) is 57.9 Å². The average molecular weight is 485 g/mol. The molecule has 4 aliphatic rings. The lowest BCUT2D eigenvalue weighted by molar-refractivity contribution is 0.267. The van der Waals surface area contributed by atoms with Crippen LogP contribution in [-0.2, 0) is 0 Å². The molecule has 0 atom stereocenters. The molecule has 5 rings (SSSR count). The predicted octanol–water partition coefficient (Wildman–Crippen LogP) is 2.98. The molecule has 0 bridgehead atoms. The Morgan fingerprint density at radius 3 is 2.34 bits per heavy atom. The molecule has 8 heteroatoms. The molecule has 196 valence electrons. The van der Waals surface area contributed by atoms with Crippen molar-refractivity contribution < 1.29 is 0 Å². The summed E-state index contributed by atoms with van der Waals surface area (Å²) in [5, 5.41) is 14.6. The fourth-order valence-corrected chi connectivity index (χ4v) is 6.26. The number of nitrogen functional groups attached to an aromatic ring is 1. The summed E-state index contributed by atoms with van der Waals surface area (Å²) in [6.07, 6.45) is 15.1. The highest BCUT2D eigenvalue weighted by atomic mass is 15.3. The fraction of sp³-hybridized carbons (Fsp3) is 0.852. The highest BCUT2D eigenvalue weighted by Crippen LogP contribution is 2.44. The Bertz CT molecular complexity index is 777. The van der Waals surface area contributed by atoms with Crippen LogP contribution >= 0.6 is 0 Å². The fourth-order valence-electron chi connectivity index (χ4n) is 6.26. The molecule has 8 nitrogen and oxygen atoms in total. The Morgan fingerprint density at radius 2 is 1.63 bits per heavy atom. The average Bonchev–Trinajstić information content (AvgIpc) is 3.68. The lowest BCUT2D eigenvalue weighted by Crippen LogP contribution is -2.44. The van der Waals surface area contributed by atoms with Gasteiger partial charge in [0.1, 0.15) is 11.6 Å². The Labute approximate surface area is 212 Å². The molecule has 35 heavy (non-hydrogen) atoms. The van der Waals surface area contributed by atoms with E-state index in [1.54, 1.807) is 0 Å². The summed E-state index contributed by atoms with van der Waals surface area (Å²) in [5.41, 5.74) is 6.64. The van der Waals surface area contributed by atoms with E-state index in [0.717, 1.165) is 50.5 Å². The standard InChI is InChI=1S/C27H48N8/c28-24-16-25(35-14-12-29-13-15-35)34-26(33-24)31-18-22-8-6-21(7-9-22)17-30-19-27(10-11-27)20-32-23-4-2-1-3-5-23/h16,21-23,29-30,32H,1-15,17-20H2,(H3,28,31,33,34)/t21-,22-. The number of hydrogen-bond donors (Lipinski definition) is 5. The second-order valence-electron chi connectivity index (χ2n) is 11.8. The molecule has 3 saturated carbocycles. The molecule has 6 N–H and O–H groups in total. The van der Waals surface area contributed by atoms with Gasteiger partial charge in [-0.15, -0.1) is 0 Å². The maximum atomic E-state index is 6.09. The molecule has 1 aromatic rings. The van der Waals surface area contributed by atoms with Gasteiger partial charge in [0.15, 0.2) is 0 Å². The predicted molar refractivity (Wildman–Crippen MR) is 145 cm³/mol. The number of nitrogens with two attached hydrogens (primary N) is 1. The van der Waals surface area contributed by atoms with E-state index in [2.05, 4.69) is 31.2 Å². The molecule has 0 spiro atoms. The molecular weight excluding hydrogens is 436 g/mol. The number of nitrogens with zero attached hydrogens (tertiary/aromatic N) is 3. The van der Waals surface area contributed by atoms with E-state index in [9.17, 15) is 0 Å². The van der Waals surface area contributed by atoms with Gasteiger partial charge in [-0.25, -0.2) is 0 Å². The molecule has 1 saturated heterocycles. The number of hydrogen-bond acceptors (Lipinski definition) is 8. The van der Waals surface area contributed by atoms with E-state index in [1.165, 1.54) is 90.3 Å². The van der Waals surface area contributed by atoms with Crippen LogP contribution in [-0.4, -0.2) is 68.4 Å². The molecule has 4 fully saturated rings. The minimum Gasteiger partial charge on any atom is -0.383 e. The van der Waals surface area contributed by atoms with Gasteiger partial charge >= 0.3 is 0 Å². The van der Waals surface area contributed by atoms with Gasteiger partial charge in [0.25, 0.3) is 0 Å². The molecule has 3 aliphatic carbocycles. The SMILES string of the molecule is Nc1cc(N2CCNCC2)nc(NC[C@H]2CC[C@H](CNCC3(CNC4CCCCC4)CC3)CC2)n1. The van der Waals surface area contributed by atoms with Gasteiger partial charge in [-0.1, -0.05) is 19.3 Å². The summed E-state index contributed by atoms with van der Waals surface area (Å²) in [5.74, 6) is 3.70. The van der Waals surface area contributed by atoms with E-state index < -0.39 is 0 Å². The zero-order valence-electron chi connectivity index (χ0n) is 21.7. The first-order valence-electron chi connectivity index (χ1n) is 14.5. The molecule has 0 radical (unpaired) electrons. The van der Waals surface area contributed by atoms with Crippen LogP contribution in [0.15, 0.2) is 6.07 Å². The van der Waals surface area contributed by atoms with Crippen LogP contribution in [0.2, 0.25) is 0 Å². The minimum atomic E-state index is 0.549. The molecule has 2 heterocycles. The first kappa shape index (κ1) is 25.0. The van der Waals surface area contributed by atoms with Crippen molar-refractivity contribution >= 4 is 17.6 Å². The van der Waals surface area contributed by atoms with Crippen molar-refractivity contribution in [1.29, 1.82) is 0 Å². The number of piperazine rings is 1. The van der Waals surface area contributed by atoms with Crippen molar-refractivity contribution in [3.63, 3.8) is 0 Å². The summed E-state index contributed by atoms with van der Waals surface area (Å²) < 4.78 is 0. The van der Waals surface area contributed by atoms with Gasteiger partial charge in [-0.3, -0.25) is 0 Å². The van der Waals surface area contributed by atoms with Crippen molar-refractivity contribution in [1.82, 2.24) is 25.9 Å². The van der Waals surface area contributed by atoms with Crippen LogP contribution < -0.4 is 31.9 Å². The Kier molecular flexibility index (Phi) is 8.63. The highest BCUT2D eigenvalue weighted by molar-refractivity contribution is 5.51. The number of aromatic nitrogens is 2. The first-order chi connectivity index (χ1) is 17.2. The summed E-state index contributed by atoms with van der Waals surface area (Å²) >= 11 is 0. The van der Waals surface area contributed by atoms with E-state index >= 15 is 0 Å². The molecule has 1 aromatic heterocycles. The van der Waals surface area contributed by atoms with Crippen molar-refractivity contribution in [2.75, 3.05) is 68.3 Å². The van der Waals surface area contributed by atoms with Gasteiger partial charge in [0.2, 0.25) is 5.95 Å². The first-order valence-corrected chi connectivity index (χ1v) is 14.5. The molecule has 0 aromatic carbocycles. The van der Waals surface area contributed by atoms with Crippen LogP contribution in [0.3, 0.4) is 0 Å². The van der Waals surface area contributed by atoms with E-state index in [-0.39, 0.29) is 0 Å². The third-order valence-electron chi connectivity index (χ3n) is 8.95. The summed E-state index contributed by atoms with van der Waals surface area (Å²) in [6.45, 7) is 8.48. The molecule has 0 unspecified atom stereocenters. The maximum absolute atomic E-state index is 6.09. The topological polar surface area (TPSA) is 103 Å². The molecule has 0 amide bonds. The normalized spacial score (nSPS) is 27.0. The summed E-state index contributed by atoms with van der Waals surface area (Å²) in [7, 11) is 0. The Hall–Kier alpha value is -1.64. The van der Waals surface area contributed by atoms with Crippen LogP contribution in [0, 0.1) is 17.3 Å². The van der Waals surface area contributed by atoms with Gasteiger partial charge in [-0.2, -0.15) is 9.97 Å².